The molecular formula is C20H24F6O2. The van der Waals surface area contributed by atoms with E-state index in [2.05, 4.69) is 0 Å². The molecule has 0 aromatic heterocycles. The number of hydrogen-bond donors (Lipinski definition) is 1. The summed E-state index contributed by atoms with van der Waals surface area (Å²) in [6.45, 7) is 1.51. The number of fused-ring (bicyclic) bond motifs is 5. The molecule has 0 bridgehead atoms. The van der Waals surface area contributed by atoms with Crippen molar-refractivity contribution in [3.05, 3.63) is 11.1 Å². The van der Waals surface area contributed by atoms with Crippen LogP contribution in [0.5, 0.6) is 0 Å². The average Bonchev–Trinajstić information content (AvgIpc) is 2.85. The first-order valence-electron chi connectivity index (χ1n) is 9.94. The molecule has 1 N–H and O–H groups in total. The second-order valence-electron chi connectivity index (χ2n) is 9.29. The zero-order valence-electron chi connectivity index (χ0n) is 15.6. The van der Waals surface area contributed by atoms with Gasteiger partial charge in [0.25, 0.3) is 0 Å². The molecule has 0 amide bonds. The van der Waals surface area contributed by atoms with Crippen LogP contribution in [0.3, 0.4) is 0 Å². The van der Waals surface area contributed by atoms with Gasteiger partial charge in [0.1, 0.15) is 0 Å². The lowest BCUT2D eigenvalue weighted by molar-refractivity contribution is -0.302. The van der Waals surface area contributed by atoms with Crippen molar-refractivity contribution in [2.45, 2.75) is 76.2 Å². The highest BCUT2D eigenvalue weighted by atomic mass is 19.4. The van der Waals surface area contributed by atoms with Crippen LogP contribution >= 0.6 is 0 Å². The lowest BCUT2D eigenvalue weighted by Gasteiger charge is -2.56. The van der Waals surface area contributed by atoms with Gasteiger partial charge < -0.3 is 5.11 Å². The predicted octanol–water partition coefficient (Wildman–Crippen LogP) is 5.35. The number of halogens is 6. The molecule has 0 saturated heterocycles. The largest absolute Gasteiger partial charge is 0.419 e. The summed E-state index contributed by atoms with van der Waals surface area (Å²) in [4.78, 5) is 11.9. The maximum atomic E-state index is 13.7. The van der Waals surface area contributed by atoms with Crippen LogP contribution in [0.15, 0.2) is 11.1 Å². The van der Waals surface area contributed by atoms with E-state index < -0.39 is 34.7 Å². The van der Waals surface area contributed by atoms with Crippen molar-refractivity contribution in [2.75, 3.05) is 0 Å². The fourth-order valence-corrected chi connectivity index (χ4v) is 7.11. The molecule has 0 aromatic rings. The molecule has 3 fully saturated rings. The fraction of sp³-hybridized carbons (Fsp3) is 0.850. The van der Waals surface area contributed by atoms with Crippen LogP contribution in [0.25, 0.3) is 0 Å². The van der Waals surface area contributed by atoms with Crippen molar-refractivity contribution in [3.8, 4) is 0 Å². The van der Waals surface area contributed by atoms with E-state index in [1.807, 2.05) is 0 Å². The van der Waals surface area contributed by atoms with E-state index in [4.69, 9.17) is 0 Å². The van der Waals surface area contributed by atoms with Gasteiger partial charge in [-0.2, -0.15) is 26.3 Å². The number of carbonyl (C=O) groups is 1. The van der Waals surface area contributed by atoms with Crippen LogP contribution in [0, 0.1) is 29.1 Å². The summed E-state index contributed by atoms with van der Waals surface area (Å²) in [5, 5.41) is 10.6. The molecule has 2 nitrogen and oxygen atoms in total. The molecule has 0 aliphatic heterocycles. The van der Waals surface area contributed by atoms with Crippen molar-refractivity contribution in [1.29, 1.82) is 0 Å². The van der Waals surface area contributed by atoms with Gasteiger partial charge in [0, 0.05) is 11.8 Å². The number of alkyl halides is 6. The first kappa shape index (κ1) is 20.2. The number of carbonyl (C=O) groups excluding carboxylic acids is 1. The first-order valence-corrected chi connectivity index (χ1v) is 9.94. The van der Waals surface area contributed by atoms with Gasteiger partial charge in [0.15, 0.2) is 11.4 Å². The topological polar surface area (TPSA) is 37.3 Å². The monoisotopic (exact) mass is 410 g/mol. The van der Waals surface area contributed by atoms with Crippen LogP contribution in [0.1, 0.15) is 58.3 Å². The minimum Gasteiger partial charge on any atom is -0.380 e. The molecule has 4 aliphatic rings. The quantitative estimate of drug-likeness (QED) is 0.547. The smallest absolute Gasteiger partial charge is 0.380 e. The van der Waals surface area contributed by atoms with E-state index in [0.717, 1.165) is 0 Å². The summed E-state index contributed by atoms with van der Waals surface area (Å²) in [6, 6.07) is 0. The van der Waals surface area contributed by atoms with Crippen LogP contribution in [0.4, 0.5) is 26.3 Å². The zero-order chi connectivity index (χ0) is 20.7. The van der Waals surface area contributed by atoms with E-state index in [1.54, 1.807) is 0 Å². The lowest BCUT2D eigenvalue weighted by atomic mass is 9.50. The molecule has 0 heterocycles. The Hall–Kier alpha value is -1.05. The van der Waals surface area contributed by atoms with Gasteiger partial charge in [-0.25, -0.2) is 0 Å². The number of rotatable bonds is 0. The minimum atomic E-state index is -4.72. The zero-order valence-corrected chi connectivity index (χ0v) is 15.6. The first-order chi connectivity index (χ1) is 12.8. The minimum absolute atomic E-state index is 0.115. The number of hydrogen-bond acceptors (Lipinski definition) is 2. The third-order valence-corrected chi connectivity index (χ3v) is 8.39. The van der Waals surface area contributed by atoms with Gasteiger partial charge in [-0.05, 0) is 68.6 Å². The molecule has 4 aliphatic carbocycles. The van der Waals surface area contributed by atoms with Crippen LogP contribution < -0.4 is 0 Å². The van der Waals surface area contributed by atoms with Gasteiger partial charge >= 0.3 is 12.4 Å². The Bertz CT molecular complexity index is 723. The Morgan fingerprint density at radius 2 is 1.61 bits per heavy atom. The Balaban J connectivity index is 1.69. The molecule has 0 radical (unpaired) electrons. The summed E-state index contributed by atoms with van der Waals surface area (Å²) >= 11 is 0. The summed E-state index contributed by atoms with van der Waals surface area (Å²) in [5.41, 5.74) is -4.86. The van der Waals surface area contributed by atoms with Gasteiger partial charge in [-0.15, -0.1) is 0 Å². The van der Waals surface area contributed by atoms with Gasteiger partial charge in [0.2, 0.25) is 0 Å². The van der Waals surface area contributed by atoms with Gasteiger partial charge in [-0.1, -0.05) is 12.5 Å². The van der Waals surface area contributed by atoms with E-state index in [1.165, 1.54) is 6.92 Å². The summed E-state index contributed by atoms with van der Waals surface area (Å²) in [7, 11) is 0. The molecule has 6 atom stereocenters. The van der Waals surface area contributed by atoms with E-state index in [0.29, 0.717) is 19.3 Å². The molecule has 8 heteroatoms. The fourth-order valence-electron chi connectivity index (χ4n) is 7.11. The third-order valence-electron chi connectivity index (χ3n) is 8.39. The van der Waals surface area contributed by atoms with Crippen LogP contribution in [0.2, 0.25) is 0 Å². The van der Waals surface area contributed by atoms with Crippen molar-refractivity contribution < 1.29 is 36.2 Å². The van der Waals surface area contributed by atoms with Crippen molar-refractivity contribution in [3.63, 3.8) is 0 Å². The lowest BCUT2D eigenvalue weighted by Crippen LogP contribution is -2.59. The Kier molecular flexibility index (Phi) is 4.33. The molecule has 0 aromatic carbocycles. The Morgan fingerprint density at radius 3 is 2.21 bits per heavy atom. The molecule has 28 heavy (non-hydrogen) atoms. The standard InChI is InChI=1S/C20H24F6O2/c1-17-8-6-11-10-4-5-15(27)16(19(21,22)23)13(10)3-2-12(11)14(17)7-9-18(17,28)20(24,25)26/h10-12,14,28H,2-9H2,1H3/t10?,11?,12?,14?,17-,18+/m0/s1. The number of allylic oxidation sites excluding steroid dienone is 1. The molecule has 158 valence electrons. The second kappa shape index (κ2) is 5.99. The maximum Gasteiger partial charge on any atom is 0.419 e. The molecular weight excluding hydrogens is 386 g/mol. The van der Waals surface area contributed by atoms with Crippen LogP contribution in [-0.4, -0.2) is 28.8 Å². The second-order valence-corrected chi connectivity index (χ2v) is 9.29. The summed E-state index contributed by atoms with van der Waals surface area (Å²) < 4.78 is 81.4. The van der Waals surface area contributed by atoms with Gasteiger partial charge in [-0.3, -0.25) is 4.79 Å². The highest BCUT2D eigenvalue weighted by molar-refractivity contribution is 5.98. The normalized spacial score (nSPS) is 44.2. The summed E-state index contributed by atoms with van der Waals surface area (Å²) in [6.07, 6.45) is -8.32. The third kappa shape index (κ3) is 2.55. The van der Waals surface area contributed by atoms with Crippen molar-refractivity contribution in [1.82, 2.24) is 0 Å². The number of Topliss-reactive ketones (excluding diaryl/α,β-unsaturated/α-hetero) is 1. The molecule has 4 unspecified atom stereocenters. The molecule has 4 rings (SSSR count). The van der Waals surface area contributed by atoms with Crippen LogP contribution in [-0.2, 0) is 4.79 Å². The van der Waals surface area contributed by atoms with E-state index >= 15 is 0 Å². The van der Waals surface area contributed by atoms with E-state index in [-0.39, 0.29) is 61.3 Å². The summed E-state index contributed by atoms with van der Waals surface area (Å²) in [5.74, 6) is -1.86. The average molecular weight is 410 g/mol. The predicted molar refractivity (Wildman–Crippen MR) is 88.1 cm³/mol. The number of ketones is 1. The number of aliphatic hydroxyl groups is 1. The maximum absolute atomic E-state index is 13.7. The SMILES string of the molecule is C[C@]12CCC3C4CCC(=O)C(C(F)(F)F)=C4CCC3C1CC[C@]2(O)C(F)(F)F. The highest BCUT2D eigenvalue weighted by Gasteiger charge is 2.71. The van der Waals surface area contributed by atoms with E-state index in [9.17, 15) is 36.2 Å². The van der Waals surface area contributed by atoms with Crippen molar-refractivity contribution >= 4 is 5.78 Å². The highest BCUT2D eigenvalue weighted by Crippen LogP contribution is 2.68. The van der Waals surface area contributed by atoms with Crippen molar-refractivity contribution in [2.24, 2.45) is 29.1 Å². The Labute approximate surface area is 159 Å². The molecule has 0 spiro atoms. The molecule has 3 saturated carbocycles. The van der Waals surface area contributed by atoms with Gasteiger partial charge in [0.05, 0.1) is 5.57 Å². The Morgan fingerprint density at radius 1 is 0.929 bits per heavy atom.